The van der Waals surface area contributed by atoms with Crippen LogP contribution in [-0.2, 0) is 19.2 Å². The Labute approximate surface area is 91.1 Å². The first-order valence-electron chi connectivity index (χ1n) is 5.13. The van der Waals surface area contributed by atoms with Crippen LogP contribution < -0.4 is 0 Å². The molecule has 0 aliphatic heterocycles. The number of Topliss-reactive ketones (excluding diaryl/α,β-unsaturated/α-hetero) is 4. The summed E-state index contributed by atoms with van der Waals surface area (Å²) in [5.74, 6) is -1.95. The van der Waals surface area contributed by atoms with Crippen LogP contribution in [0.15, 0.2) is 10.2 Å². The molecular formula is C10H10N2O4. The molecule has 2 atom stereocenters. The second kappa shape index (κ2) is 4.03. The lowest BCUT2D eigenvalue weighted by atomic mass is 10.2. The summed E-state index contributed by atoms with van der Waals surface area (Å²) in [6.45, 7) is 0. The SMILES string of the molecule is O=C1CCC(N=NC2CCC(=O)C2=O)C1=O. The van der Waals surface area contributed by atoms with Gasteiger partial charge in [-0.15, -0.1) is 0 Å². The summed E-state index contributed by atoms with van der Waals surface area (Å²) in [6, 6.07) is -1.48. The maximum absolute atomic E-state index is 11.2. The van der Waals surface area contributed by atoms with Gasteiger partial charge in [0.05, 0.1) is 0 Å². The standard InChI is InChI=1S/C10H10N2O4/c13-7-3-1-5(9(7)15)11-12-6-2-4-8(14)10(6)16/h5-6H,1-4H2. The Morgan fingerprint density at radius 1 is 0.750 bits per heavy atom. The van der Waals surface area contributed by atoms with E-state index in [2.05, 4.69) is 10.2 Å². The number of carbonyl (C=O) groups excluding carboxylic acids is 4. The predicted octanol–water partition coefficient (Wildman–Crippen LogP) is 0.0398. The highest BCUT2D eigenvalue weighted by Gasteiger charge is 2.35. The topological polar surface area (TPSA) is 93.0 Å². The van der Waals surface area contributed by atoms with Crippen molar-refractivity contribution in [3.8, 4) is 0 Å². The van der Waals surface area contributed by atoms with Crippen molar-refractivity contribution in [3.05, 3.63) is 0 Å². The summed E-state index contributed by atoms with van der Waals surface area (Å²) in [7, 11) is 0. The third kappa shape index (κ3) is 1.82. The summed E-state index contributed by atoms with van der Waals surface area (Å²) in [5.41, 5.74) is 0. The molecule has 2 aliphatic rings. The fourth-order valence-corrected chi connectivity index (χ4v) is 1.80. The monoisotopic (exact) mass is 222 g/mol. The van der Waals surface area contributed by atoms with Crippen LogP contribution >= 0.6 is 0 Å². The molecular weight excluding hydrogens is 212 g/mol. The van der Waals surface area contributed by atoms with Gasteiger partial charge >= 0.3 is 0 Å². The first-order chi connectivity index (χ1) is 7.59. The minimum absolute atomic E-state index is 0.195. The zero-order chi connectivity index (χ0) is 11.7. The van der Waals surface area contributed by atoms with Crippen molar-refractivity contribution in [1.29, 1.82) is 0 Å². The summed E-state index contributed by atoms with van der Waals surface area (Å²) in [5, 5.41) is 7.41. The molecule has 0 bridgehead atoms. The van der Waals surface area contributed by atoms with Crippen molar-refractivity contribution in [2.45, 2.75) is 37.8 Å². The van der Waals surface area contributed by atoms with Crippen LogP contribution in [0.1, 0.15) is 25.7 Å². The maximum atomic E-state index is 11.2. The van der Waals surface area contributed by atoms with Crippen LogP contribution in [0.3, 0.4) is 0 Å². The van der Waals surface area contributed by atoms with Crippen molar-refractivity contribution >= 4 is 23.1 Å². The predicted molar refractivity (Wildman–Crippen MR) is 50.9 cm³/mol. The van der Waals surface area contributed by atoms with Crippen molar-refractivity contribution < 1.29 is 19.2 Å². The molecule has 0 N–H and O–H groups in total. The average Bonchev–Trinajstić information content (AvgIpc) is 2.74. The lowest BCUT2D eigenvalue weighted by Crippen LogP contribution is -2.19. The van der Waals surface area contributed by atoms with E-state index in [0.29, 0.717) is 12.8 Å². The quantitative estimate of drug-likeness (QED) is 0.487. The van der Waals surface area contributed by atoms with Gasteiger partial charge in [0.1, 0.15) is 12.1 Å². The number of hydrogen-bond acceptors (Lipinski definition) is 6. The van der Waals surface area contributed by atoms with Crippen molar-refractivity contribution in [2.24, 2.45) is 10.2 Å². The van der Waals surface area contributed by atoms with E-state index in [-0.39, 0.29) is 12.8 Å². The fourth-order valence-electron chi connectivity index (χ4n) is 1.80. The van der Waals surface area contributed by atoms with E-state index in [1.54, 1.807) is 0 Å². The molecule has 6 heteroatoms. The summed E-state index contributed by atoms with van der Waals surface area (Å²) in [6.07, 6.45) is 1.10. The lowest BCUT2D eigenvalue weighted by Gasteiger charge is -2.00. The second-order valence-corrected chi connectivity index (χ2v) is 3.91. The molecule has 0 saturated heterocycles. The fraction of sp³-hybridized carbons (Fsp3) is 0.600. The zero-order valence-electron chi connectivity index (χ0n) is 8.51. The zero-order valence-corrected chi connectivity index (χ0v) is 8.51. The van der Waals surface area contributed by atoms with Crippen LogP contribution in [0.4, 0.5) is 0 Å². The Kier molecular flexibility index (Phi) is 2.72. The van der Waals surface area contributed by atoms with E-state index in [9.17, 15) is 19.2 Å². The molecule has 2 saturated carbocycles. The molecule has 2 fully saturated rings. The van der Waals surface area contributed by atoms with Gasteiger partial charge in [-0.25, -0.2) is 0 Å². The Morgan fingerprint density at radius 3 is 1.38 bits per heavy atom. The minimum atomic E-state index is -0.740. The molecule has 0 aromatic carbocycles. The molecule has 2 rings (SSSR count). The molecule has 84 valence electrons. The summed E-state index contributed by atoms with van der Waals surface area (Å²) in [4.78, 5) is 44.3. The van der Waals surface area contributed by atoms with Gasteiger partial charge in [-0.2, -0.15) is 10.2 Å². The molecule has 6 nitrogen and oxygen atoms in total. The highest BCUT2D eigenvalue weighted by Crippen LogP contribution is 2.19. The maximum Gasteiger partial charge on any atom is 0.224 e. The van der Waals surface area contributed by atoms with Gasteiger partial charge in [0.2, 0.25) is 23.1 Å². The van der Waals surface area contributed by atoms with Crippen LogP contribution in [0.2, 0.25) is 0 Å². The Morgan fingerprint density at radius 2 is 1.12 bits per heavy atom. The molecule has 0 radical (unpaired) electrons. The van der Waals surface area contributed by atoms with Crippen LogP contribution in [0.5, 0.6) is 0 Å². The Bertz CT molecular complexity index is 375. The molecule has 0 aromatic heterocycles. The van der Waals surface area contributed by atoms with Crippen LogP contribution in [0, 0.1) is 0 Å². The molecule has 2 aliphatic carbocycles. The Hall–Kier alpha value is -1.72. The van der Waals surface area contributed by atoms with E-state index in [0.717, 1.165) is 0 Å². The minimum Gasteiger partial charge on any atom is -0.291 e. The van der Waals surface area contributed by atoms with Gasteiger partial charge in [0.15, 0.2) is 0 Å². The van der Waals surface area contributed by atoms with E-state index in [1.807, 2.05) is 0 Å². The van der Waals surface area contributed by atoms with Gasteiger partial charge in [-0.05, 0) is 12.8 Å². The van der Waals surface area contributed by atoms with Crippen molar-refractivity contribution in [3.63, 3.8) is 0 Å². The van der Waals surface area contributed by atoms with Crippen molar-refractivity contribution in [1.82, 2.24) is 0 Å². The van der Waals surface area contributed by atoms with Crippen LogP contribution in [0.25, 0.3) is 0 Å². The van der Waals surface area contributed by atoms with E-state index in [4.69, 9.17) is 0 Å². The number of carbonyl (C=O) groups is 4. The van der Waals surface area contributed by atoms with Gasteiger partial charge in [0.25, 0.3) is 0 Å². The van der Waals surface area contributed by atoms with E-state index < -0.39 is 35.2 Å². The number of rotatable bonds is 2. The highest BCUT2D eigenvalue weighted by atomic mass is 16.2. The third-order valence-electron chi connectivity index (χ3n) is 2.79. The summed E-state index contributed by atoms with van der Waals surface area (Å²) >= 11 is 0. The van der Waals surface area contributed by atoms with E-state index >= 15 is 0 Å². The molecule has 16 heavy (non-hydrogen) atoms. The molecule has 0 spiro atoms. The van der Waals surface area contributed by atoms with Gasteiger partial charge in [0, 0.05) is 12.8 Å². The first kappa shape index (κ1) is 10.8. The average molecular weight is 222 g/mol. The largest absolute Gasteiger partial charge is 0.291 e. The number of azo groups is 1. The molecule has 2 unspecified atom stereocenters. The van der Waals surface area contributed by atoms with Gasteiger partial charge < -0.3 is 0 Å². The number of nitrogens with zero attached hydrogens (tertiary/aromatic N) is 2. The van der Waals surface area contributed by atoms with Crippen LogP contribution in [-0.4, -0.2) is 35.2 Å². The Balaban J connectivity index is 2.00. The molecule has 0 amide bonds. The third-order valence-corrected chi connectivity index (χ3v) is 2.79. The molecule has 0 aromatic rings. The smallest absolute Gasteiger partial charge is 0.224 e. The first-order valence-corrected chi connectivity index (χ1v) is 5.13. The second-order valence-electron chi connectivity index (χ2n) is 3.91. The van der Waals surface area contributed by atoms with E-state index in [1.165, 1.54) is 0 Å². The highest BCUT2D eigenvalue weighted by molar-refractivity contribution is 6.41. The number of hydrogen-bond donors (Lipinski definition) is 0. The normalized spacial score (nSPS) is 31.0. The van der Waals surface area contributed by atoms with Gasteiger partial charge in [-0.1, -0.05) is 0 Å². The number of ketones is 4. The van der Waals surface area contributed by atoms with Gasteiger partial charge in [-0.3, -0.25) is 19.2 Å². The summed E-state index contributed by atoms with van der Waals surface area (Å²) < 4.78 is 0. The molecule has 0 heterocycles. The lowest BCUT2D eigenvalue weighted by molar-refractivity contribution is -0.134. The van der Waals surface area contributed by atoms with Crippen molar-refractivity contribution in [2.75, 3.05) is 0 Å².